The minimum Gasteiger partial charge on any atom is -0.396 e. The molecule has 1 aromatic heterocycles. The molecule has 1 saturated carbocycles. The molecule has 0 saturated heterocycles. The first kappa shape index (κ1) is 12.0. The number of amides is 1. The summed E-state index contributed by atoms with van der Waals surface area (Å²) in [5, 5.41) is 8.76. The van der Waals surface area contributed by atoms with Crippen molar-refractivity contribution < 1.29 is 9.90 Å². The summed E-state index contributed by atoms with van der Waals surface area (Å²) < 4.78 is 0. The van der Waals surface area contributed by atoms with Crippen molar-refractivity contribution in [1.82, 2.24) is 9.88 Å². The second-order valence-electron chi connectivity index (χ2n) is 4.44. The van der Waals surface area contributed by atoms with Crippen molar-refractivity contribution in [1.29, 1.82) is 0 Å². The van der Waals surface area contributed by atoms with Crippen molar-refractivity contribution in [2.24, 2.45) is 0 Å². The average molecular weight is 234 g/mol. The fourth-order valence-electron chi connectivity index (χ4n) is 1.87. The van der Waals surface area contributed by atoms with Crippen LogP contribution in [-0.4, -0.2) is 33.5 Å². The number of hydrogen-bond acceptors (Lipinski definition) is 3. The van der Waals surface area contributed by atoms with E-state index in [2.05, 4.69) is 4.98 Å². The molecule has 0 atom stereocenters. The van der Waals surface area contributed by atoms with Crippen LogP contribution in [-0.2, 0) is 11.3 Å². The Bertz CT molecular complexity index is 363. The van der Waals surface area contributed by atoms with E-state index in [0.717, 1.165) is 18.4 Å². The number of aromatic nitrogens is 1. The Balaban J connectivity index is 1.95. The zero-order valence-electron chi connectivity index (χ0n) is 9.88. The second kappa shape index (κ2) is 5.77. The van der Waals surface area contributed by atoms with Gasteiger partial charge in [0.05, 0.1) is 0 Å². The molecule has 0 unspecified atom stereocenters. The molecule has 0 aromatic carbocycles. The molecule has 1 aliphatic rings. The van der Waals surface area contributed by atoms with Crippen LogP contribution in [0, 0.1) is 0 Å². The molecule has 1 N–H and O–H groups in total. The topological polar surface area (TPSA) is 53.4 Å². The van der Waals surface area contributed by atoms with Crippen molar-refractivity contribution in [3.8, 4) is 0 Å². The van der Waals surface area contributed by atoms with E-state index in [9.17, 15) is 4.79 Å². The molecule has 1 aliphatic carbocycles. The zero-order chi connectivity index (χ0) is 12.1. The smallest absolute Gasteiger partial charge is 0.223 e. The SMILES string of the molecule is O=C(CCCO)N(Cc1cccnc1)C1CC1. The highest BCUT2D eigenvalue weighted by Gasteiger charge is 2.31. The van der Waals surface area contributed by atoms with Gasteiger partial charge >= 0.3 is 0 Å². The van der Waals surface area contributed by atoms with E-state index in [-0.39, 0.29) is 12.5 Å². The molecule has 1 fully saturated rings. The van der Waals surface area contributed by atoms with Crippen LogP contribution in [0.25, 0.3) is 0 Å². The third-order valence-corrected chi connectivity index (χ3v) is 2.93. The lowest BCUT2D eigenvalue weighted by Gasteiger charge is -2.22. The summed E-state index contributed by atoms with van der Waals surface area (Å²) in [6, 6.07) is 4.28. The van der Waals surface area contributed by atoms with Crippen LogP contribution < -0.4 is 0 Å². The van der Waals surface area contributed by atoms with E-state index < -0.39 is 0 Å². The Labute approximate surface area is 101 Å². The summed E-state index contributed by atoms with van der Waals surface area (Å²) >= 11 is 0. The van der Waals surface area contributed by atoms with Crippen molar-refractivity contribution in [2.75, 3.05) is 6.61 Å². The molecule has 2 rings (SSSR count). The molecule has 0 aliphatic heterocycles. The first-order valence-electron chi connectivity index (χ1n) is 6.10. The summed E-state index contributed by atoms with van der Waals surface area (Å²) in [4.78, 5) is 18.0. The van der Waals surface area contributed by atoms with E-state index in [1.54, 1.807) is 12.4 Å². The highest BCUT2D eigenvalue weighted by molar-refractivity contribution is 5.76. The summed E-state index contributed by atoms with van der Waals surface area (Å²) in [7, 11) is 0. The predicted octanol–water partition coefficient (Wildman–Crippen LogP) is 1.35. The molecular weight excluding hydrogens is 216 g/mol. The van der Waals surface area contributed by atoms with Gasteiger partial charge in [-0.3, -0.25) is 9.78 Å². The Kier molecular flexibility index (Phi) is 4.09. The Morgan fingerprint density at radius 1 is 1.53 bits per heavy atom. The number of carbonyl (C=O) groups is 1. The van der Waals surface area contributed by atoms with Gasteiger partial charge in [0.2, 0.25) is 5.91 Å². The van der Waals surface area contributed by atoms with E-state index in [1.165, 1.54) is 0 Å². The molecule has 92 valence electrons. The monoisotopic (exact) mass is 234 g/mol. The zero-order valence-corrected chi connectivity index (χ0v) is 9.88. The van der Waals surface area contributed by atoms with Gasteiger partial charge in [0.1, 0.15) is 0 Å². The minimum atomic E-state index is 0.0805. The van der Waals surface area contributed by atoms with Crippen LogP contribution in [0.3, 0.4) is 0 Å². The van der Waals surface area contributed by atoms with Crippen LogP contribution in [0.4, 0.5) is 0 Å². The number of rotatable bonds is 6. The Morgan fingerprint density at radius 3 is 2.94 bits per heavy atom. The van der Waals surface area contributed by atoms with Crippen LogP contribution in [0.5, 0.6) is 0 Å². The molecule has 17 heavy (non-hydrogen) atoms. The van der Waals surface area contributed by atoms with E-state index in [0.29, 0.717) is 25.4 Å². The van der Waals surface area contributed by atoms with Crippen molar-refractivity contribution >= 4 is 5.91 Å². The third kappa shape index (κ3) is 3.53. The number of aliphatic hydroxyl groups excluding tert-OH is 1. The molecule has 0 radical (unpaired) electrons. The maximum absolute atomic E-state index is 12.0. The lowest BCUT2D eigenvalue weighted by Crippen LogP contribution is -2.32. The summed E-state index contributed by atoms with van der Waals surface area (Å²) in [6.45, 7) is 0.722. The maximum Gasteiger partial charge on any atom is 0.223 e. The van der Waals surface area contributed by atoms with Gasteiger partial charge in [0.15, 0.2) is 0 Å². The number of hydrogen-bond donors (Lipinski definition) is 1. The minimum absolute atomic E-state index is 0.0805. The number of aliphatic hydroxyl groups is 1. The summed E-state index contributed by atoms with van der Waals surface area (Å²) in [5.41, 5.74) is 1.07. The molecular formula is C13H18N2O2. The van der Waals surface area contributed by atoms with Gasteiger partial charge in [-0.25, -0.2) is 0 Å². The summed E-state index contributed by atoms with van der Waals surface area (Å²) in [5.74, 6) is 0.144. The lowest BCUT2D eigenvalue weighted by molar-refractivity contribution is -0.132. The summed E-state index contributed by atoms with van der Waals surface area (Å²) in [6.07, 6.45) is 6.73. The van der Waals surface area contributed by atoms with Crippen molar-refractivity contribution in [3.63, 3.8) is 0 Å². The molecule has 0 bridgehead atoms. The standard InChI is InChI=1S/C13H18N2O2/c16-8-2-4-13(17)15(12-5-6-12)10-11-3-1-7-14-9-11/h1,3,7,9,12,16H,2,4-6,8,10H2. The van der Waals surface area contributed by atoms with Gasteiger partial charge in [-0.15, -0.1) is 0 Å². The number of carbonyl (C=O) groups excluding carboxylic acids is 1. The fourth-order valence-corrected chi connectivity index (χ4v) is 1.87. The van der Waals surface area contributed by atoms with Crippen LogP contribution in [0.2, 0.25) is 0 Å². The van der Waals surface area contributed by atoms with Crippen LogP contribution in [0.1, 0.15) is 31.2 Å². The molecule has 4 nitrogen and oxygen atoms in total. The van der Waals surface area contributed by atoms with Gasteiger partial charge in [-0.1, -0.05) is 6.07 Å². The first-order chi connectivity index (χ1) is 8.31. The Hall–Kier alpha value is -1.42. The first-order valence-corrected chi connectivity index (χ1v) is 6.10. The van der Waals surface area contributed by atoms with E-state index in [4.69, 9.17) is 5.11 Å². The van der Waals surface area contributed by atoms with Crippen LogP contribution in [0.15, 0.2) is 24.5 Å². The fraction of sp³-hybridized carbons (Fsp3) is 0.538. The van der Waals surface area contributed by atoms with E-state index >= 15 is 0 Å². The number of pyridine rings is 1. The second-order valence-corrected chi connectivity index (χ2v) is 4.44. The van der Waals surface area contributed by atoms with Crippen molar-refractivity contribution in [3.05, 3.63) is 30.1 Å². The average Bonchev–Trinajstić information content (AvgIpc) is 3.18. The van der Waals surface area contributed by atoms with Gasteiger partial charge in [-0.05, 0) is 30.9 Å². The van der Waals surface area contributed by atoms with Crippen LogP contribution >= 0.6 is 0 Å². The highest BCUT2D eigenvalue weighted by atomic mass is 16.3. The lowest BCUT2D eigenvalue weighted by atomic mass is 10.2. The highest BCUT2D eigenvalue weighted by Crippen LogP contribution is 2.29. The predicted molar refractivity (Wildman–Crippen MR) is 64.1 cm³/mol. The maximum atomic E-state index is 12.0. The molecule has 0 spiro atoms. The van der Waals surface area contributed by atoms with Gasteiger partial charge in [-0.2, -0.15) is 0 Å². The molecule has 1 heterocycles. The largest absolute Gasteiger partial charge is 0.396 e. The van der Waals surface area contributed by atoms with Gasteiger partial charge < -0.3 is 10.0 Å². The Morgan fingerprint density at radius 2 is 2.35 bits per heavy atom. The molecule has 4 heteroatoms. The quantitative estimate of drug-likeness (QED) is 0.808. The molecule has 1 amide bonds. The van der Waals surface area contributed by atoms with Gasteiger partial charge in [0.25, 0.3) is 0 Å². The van der Waals surface area contributed by atoms with E-state index in [1.807, 2.05) is 17.0 Å². The third-order valence-electron chi connectivity index (χ3n) is 2.93. The van der Waals surface area contributed by atoms with Crippen molar-refractivity contribution in [2.45, 2.75) is 38.3 Å². The number of nitrogens with zero attached hydrogens (tertiary/aromatic N) is 2. The van der Waals surface area contributed by atoms with Gasteiger partial charge in [0, 0.05) is 38.0 Å². The normalized spacial score (nSPS) is 14.6. The molecule has 1 aromatic rings.